The maximum atomic E-state index is 14.0. The highest BCUT2D eigenvalue weighted by Crippen LogP contribution is 2.34. The van der Waals surface area contributed by atoms with Crippen molar-refractivity contribution in [1.29, 1.82) is 0 Å². The number of ether oxygens (including phenoxy) is 2. The third-order valence-electron chi connectivity index (χ3n) is 6.45. The number of benzene rings is 3. The van der Waals surface area contributed by atoms with E-state index in [0.717, 1.165) is 27.3 Å². The van der Waals surface area contributed by atoms with E-state index in [2.05, 4.69) is 5.32 Å². The highest BCUT2D eigenvalue weighted by molar-refractivity contribution is 7.92. The topological polar surface area (TPSA) is 105 Å². The minimum atomic E-state index is -3.93. The number of amides is 2. The molecular formula is C29H35N3O6S. The van der Waals surface area contributed by atoms with Crippen LogP contribution in [0.3, 0.4) is 0 Å². The Hall–Kier alpha value is -4.05. The number of hydrogen-bond acceptors (Lipinski definition) is 6. The Morgan fingerprint density at radius 1 is 0.949 bits per heavy atom. The van der Waals surface area contributed by atoms with Gasteiger partial charge in [-0.15, -0.1) is 0 Å². The molecule has 0 aliphatic carbocycles. The standard InChI is InChI=1S/C29H35N3O6S/c1-21-11-9-10-14-23(21)19-31(26(29(34)30-2)17-22-12-7-6-8-13-22)28(33)20-32(39(5,35)36)25-16-15-24(37-3)18-27(25)38-4/h6-16,18,26H,17,19-20H2,1-5H3,(H,30,34)/t26-/m0/s1. The van der Waals surface area contributed by atoms with Crippen LogP contribution in [0.2, 0.25) is 0 Å². The zero-order valence-corrected chi connectivity index (χ0v) is 23.7. The number of likely N-dealkylation sites (N-methyl/N-ethyl adjacent to an activating group) is 1. The molecular weight excluding hydrogens is 518 g/mol. The number of carbonyl (C=O) groups excluding carboxylic acids is 2. The van der Waals surface area contributed by atoms with Gasteiger partial charge in [0, 0.05) is 26.1 Å². The average molecular weight is 554 g/mol. The summed E-state index contributed by atoms with van der Waals surface area (Å²) in [7, 11) is 0.487. The predicted octanol–water partition coefficient (Wildman–Crippen LogP) is 3.16. The van der Waals surface area contributed by atoms with Crippen LogP contribution in [0.15, 0.2) is 72.8 Å². The Labute approximate surface area is 230 Å². The SMILES string of the molecule is CNC(=O)[C@H](Cc1ccccc1)N(Cc1ccccc1C)C(=O)CN(c1ccc(OC)cc1OC)S(C)(=O)=O. The van der Waals surface area contributed by atoms with Gasteiger partial charge in [0.05, 0.1) is 26.2 Å². The highest BCUT2D eigenvalue weighted by atomic mass is 32.2. The van der Waals surface area contributed by atoms with Crippen LogP contribution in [-0.2, 0) is 32.6 Å². The van der Waals surface area contributed by atoms with Crippen molar-refractivity contribution in [2.75, 3.05) is 38.4 Å². The second kappa shape index (κ2) is 13.1. The van der Waals surface area contributed by atoms with Crippen LogP contribution in [0.5, 0.6) is 11.5 Å². The lowest BCUT2D eigenvalue weighted by Crippen LogP contribution is -2.53. The van der Waals surface area contributed by atoms with Gasteiger partial charge < -0.3 is 19.7 Å². The molecule has 3 aromatic carbocycles. The first-order valence-electron chi connectivity index (χ1n) is 12.4. The smallest absolute Gasteiger partial charge is 0.244 e. The summed E-state index contributed by atoms with van der Waals surface area (Å²) < 4.78 is 37.6. The van der Waals surface area contributed by atoms with E-state index in [4.69, 9.17) is 9.47 Å². The molecule has 0 saturated carbocycles. The second-order valence-electron chi connectivity index (χ2n) is 9.08. The minimum absolute atomic E-state index is 0.119. The molecule has 2 amide bonds. The molecule has 1 N–H and O–H groups in total. The summed E-state index contributed by atoms with van der Waals surface area (Å²) in [4.78, 5) is 28.7. The van der Waals surface area contributed by atoms with Crippen molar-refractivity contribution in [2.24, 2.45) is 0 Å². The van der Waals surface area contributed by atoms with Gasteiger partial charge in [-0.3, -0.25) is 13.9 Å². The lowest BCUT2D eigenvalue weighted by molar-refractivity contribution is -0.139. The number of aryl methyl sites for hydroxylation is 1. The first kappa shape index (κ1) is 29.5. The first-order valence-corrected chi connectivity index (χ1v) is 14.2. The molecule has 0 saturated heterocycles. The lowest BCUT2D eigenvalue weighted by Gasteiger charge is -2.33. The number of nitrogens with one attached hydrogen (secondary N) is 1. The van der Waals surface area contributed by atoms with E-state index in [-0.39, 0.29) is 30.3 Å². The van der Waals surface area contributed by atoms with Gasteiger partial charge in [0.2, 0.25) is 21.8 Å². The molecule has 0 aromatic heterocycles. The van der Waals surface area contributed by atoms with Crippen LogP contribution < -0.4 is 19.1 Å². The summed E-state index contributed by atoms with van der Waals surface area (Å²) in [5.74, 6) is -0.191. The fourth-order valence-electron chi connectivity index (χ4n) is 4.28. The summed E-state index contributed by atoms with van der Waals surface area (Å²) in [5, 5.41) is 2.67. The van der Waals surface area contributed by atoms with Crippen molar-refractivity contribution in [3.8, 4) is 11.5 Å². The molecule has 3 aromatic rings. The second-order valence-corrected chi connectivity index (χ2v) is 11.0. The van der Waals surface area contributed by atoms with Gasteiger partial charge >= 0.3 is 0 Å². The number of rotatable bonds is 12. The molecule has 0 fully saturated rings. The predicted molar refractivity (Wildman–Crippen MR) is 151 cm³/mol. The van der Waals surface area contributed by atoms with Crippen LogP contribution in [-0.4, -0.2) is 65.2 Å². The van der Waals surface area contributed by atoms with Gasteiger partial charge in [0.25, 0.3) is 0 Å². The molecule has 0 aliphatic rings. The van der Waals surface area contributed by atoms with Gasteiger partial charge in [-0.05, 0) is 35.7 Å². The van der Waals surface area contributed by atoms with E-state index < -0.39 is 28.5 Å². The molecule has 0 bridgehead atoms. The van der Waals surface area contributed by atoms with E-state index in [1.165, 1.54) is 32.2 Å². The number of methoxy groups -OCH3 is 2. The van der Waals surface area contributed by atoms with Crippen molar-refractivity contribution in [3.63, 3.8) is 0 Å². The molecule has 10 heteroatoms. The molecule has 9 nitrogen and oxygen atoms in total. The van der Waals surface area contributed by atoms with E-state index in [9.17, 15) is 18.0 Å². The fourth-order valence-corrected chi connectivity index (χ4v) is 5.13. The van der Waals surface area contributed by atoms with Crippen molar-refractivity contribution < 1.29 is 27.5 Å². The van der Waals surface area contributed by atoms with E-state index in [1.54, 1.807) is 12.1 Å². The maximum absolute atomic E-state index is 14.0. The van der Waals surface area contributed by atoms with Crippen molar-refractivity contribution in [1.82, 2.24) is 10.2 Å². The zero-order chi connectivity index (χ0) is 28.6. The molecule has 0 aliphatic heterocycles. The van der Waals surface area contributed by atoms with Crippen molar-refractivity contribution in [2.45, 2.75) is 25.9 Å². The van der Waals surface area contributed by atoms with Crippen LogP contribution in [0.25, 0.3) is 0 Å². The monoisotopic (exact) mass is 553 g/mol. The van der Waals surface area contributed by atoms with Crippen molar-refractivity contribution in [3.05, 3.63) is 89.5 Å². The van der Waals surface area contributed by atoms with E-state index in [1.807, 2.05) is 61.5 Å². The molecule has 0 spiro atoms. The fraction of sp³-hybridized carbons (Fsp3) is 0.310. The summed E-state index contributed by atoms with van der Waals surface area (Å²) in [5.41, 5.74) is 2.85. The summed E-state index contributed by atoms with van der Waals surface area (Å²) in [6.07, 6.45) is 1.28. The largest absolute Gasteiger partial charge is 0.497 e. The van der Waals surface area contributed by atoms with Crippen LogP contribution >= 0.6 is 0 Å². The molecule has 0 radical (unpaired) electrons. The first-order chi connectivity index (χ1) is 18.6. The summed E-state index contributed by atoms with van der Waals surface area (Å²) in [6, 6.07) is 20.7. The molecule has 3 rings (SSSR count). The zero-order valence-electron chi connectivity index (χ0n) is 22.9. The van der Waals surface area contributed by atoms with Gasteiger partial charge in [-0.2, -0.15) is 0 Å². The maximum Gasteiger partial charge on any atom is 0.244 e. The average Bonchev–Trinajstić information content (AvgIpc) is 2.93. The molecule has 0 heterocycles. The number of carbonyl (C=O) groups is 2. The minimum Gasteiger partial charge on any atom is -0.497 e. The highest BCUT2D eigenvalue weighted by Gasteiger charge is 2.33. The van der Waals surface area contributed by atoms with Crippen LogP contribution in [0, 0.1) is 6.92 Å². The quantitative estimate of drug-likeness (QED) is 0.370. The Morgan fingerprint density at radius 2 is 1.62 bits per heavy atom. The van der Waals surface area contributed by atoms with E-state index in [0.29, 0.717) is 5.75 Å². The Kier molecular flexibility index (Phi) is 9.95. The van der Waals surface area contributed by atoms with E-state index >= 15 is 0 Å². The summed E-state index contributed by atoms with van der Waals surface area (Å²) >= 11 is 0. The molecule has 0 unspecified atom stereocenters. The van der Waals surface area contributed by atoms with Gasteiger partial charge in [0.1, 0.15) is 24.1 Å². The van der Waals surface area contributed by atoms with Gasteiger partial charge in [-0.1, -0.05) is 54.6 Å². The van der Waals surface area contributed by atoms with Crippen LogP contribution in [0.4, 0.5) is 5.69 Å². The number of nitrogens with zero attached hydrogens (tertiary/aromatic N) is 2. The van der Waals surface area contributed by atoms with Gasteiger partial charge in [0.15, 0.2) is 0 Å². The Balaban J connectivity index is 2.07. The number of anilines is 1. The normalized spacial score (nSPS) is 11.8. The lowest BCUT2D eigenvalue weighted by atomic mass is 10.0. The number of hydrogen-bond donors (Lipinski definition) is 1. The van der Waals surface area contributed by atoms with Crippen LogP contribution in [0.1, 0.15) is 16.7 Å². The third-order valence-corrected chi connectivity index (χ3v) is 7.58. The number of sulfonamides is 1. The Bertz CT molecular complexity index is 1400. The van der Waals surface area contributed by atoms with Gasteiger partial charge in [-0.25, -0.2) is 8.42 Å². The van der Waals surface area contributed by atoms with Crippen molar-refractivity contribution >= 4 is 27.5 Å². The molecule has 39 heavy (non-hydrogen) atoms. The molecule has 1 atom stereocenters. The molecule has 208 valence electrons. The summed E-state index contributed by atoms with van der Waals surface area (Å²) in [6.45, 7) is 1.51. The Morgan fingerprint density at radius 3 is 2.21 bits per heavy atom. The third kappa shape index (κ3) is 7.51.